The van der Waals surface area contributed by atoms with E-state index in [2.05, 4.69) is 21.2 Å². The molecule has 0 aromatic heterocycles. The normalized spacial score (nSPS) is 13.3. The van der Waals surface area contributed by atoms with E-state index in [0.717, 1.165) is 11.8 Å². The Morgan fingerprint density at radius 3 is 2.29 bits per heavy atom. The number of hydrogen-bond donors (Lipinski definition) is 1. The molecule has 0 aliphatic carbocycles. The number of hydrogen-bond acceptors (Lipinski definition) is 2. The van der Waals surface area contributed by atoms with E-state index in [1.165, 1.54) is 0 Å². The molecule has 0 rings (SSSR count). The SMILES string of the molecule is CC(C)(CCBr)NCCSC(F)(F)F. The maximum Gasteiger partial charge on any atom is 0.441 e. The van der Waals surface area contributed by atoms with Gasteiger partial charge in [-0.3, -0.25) is 0 Å². The van der Waals surface area contributed by atoms with Crippen molar-refractivity contribution in [1.29, 1.82) is 0 Å². The molecule has 86 valence electrons. The summed E-state index contributed by atoms with van der Waals surface area (Å²) in [6, 6.07) is 0. The fraction of sp³-hybridized carbons (Fsp3) is 1.00. The summed E-state index contributed by atoms with van der Waals surface area (Å²) in [5, 5.41) is 3.93. The molecule has 0 heterocycles. The van der Waals surface area contributed by atoms with Crippen molar-refractivity contribution in [3.63, 3.8) is 0 Å². The summed E-state index contributed by atoms with van der Waals surface area (Å²) in [6.07, 6.45) is 0.893. The van der Waals surface area contributed by atoms with Crippen LogP contribution in [0.25, 0.3) is 0 Å². The molecular formula is C8H15BrF3NS. The maximum absolute atomic E-state index is 11.8. The maximum atomic E-state index is 11.8. The van der Waals surface area contributed by atoms with Gasteiger partial charge in [-0.25, -0.2) is 0 Å². The first-order valence-electron chi connectivity index (χ1n) is 4.28. The Hall–Kier alpha value is 0.580. The number of alkyl halides is 4. The lowest BCUT2D eigenvalue weighted by atomic mass is 10.0. The van der Waals surface area contributed by atoms with Crippen molar-refractivity contribution in [3.8, 4) is 0 Å². The molecule has 0 aromatic carbocycles. The number of halogens is 4. The molecule has 0 amide bonds. The largest absolute Gasteiger partial charge is 0.441 e. The van der Waals surface area contributed by atoms with Gasteiger partial charge in [-0.2, -0.15) is 13.2 Å². The Balaban J connectivity index is 3.54. The summed E-state index contributed by atoms with van der Waals surface area (Å²) in [6.45, 7) is 4.34. The third kappa shape index (κ3) is 9.15. The molecule has 14 heavy (non-hydrogen) atoms. The number of rotatable bonds is 6. The second-order valence-electron chi connectivity index (χ2n) is 3.54. The fourth-order valence-corrected chi connectivity index (χ4v) is 2.31. The topological polar surface area (TPSA) is 12.0 Å². The Kier molecular flexibility index (Phi) is 6.48. The van der Waals surface area contributed by atoms with Gasteiger partial charge in [0.2, 0.25) is 0 Å². The van der Waals surface area contributed by atoms with Gasteiger partial charge in [-0.1, -0.05) is 15.9 Å². The van der Waals surface area contributed by atoms with Crippen molar-refractivity contribution in [3.05, 3.63) is 0 Å². The van der Waals surface area contributed by atoms with Crippen LogP contribution >= 0.6 is 27.7 Å². The van der Waals surface area contributed by atoms with Crippen LogP contribution in [0.3, 0.4) is 0 Å². The van der Waals surface area contributed by atoms with Gasteiger partial charge < -0.3 is 5.32 Å². The Labute approximate surface area is 95.3 Å². The molecule has 0 spiro atoms. The highest BCUT2D eigenvalue weighted by molar-refractivity contribution is 9.09. The van der Waals surface area contributed by atoms with Gasteiger partial charge in [-0.05, 0) is 32.0 Å². The van der Waals surface area contributed by atoms with Crippen molar-refractivity contribution < 1.29 is 13.2 Å². The van der Waals surface area contributed by atoms with E-state index in [-0.39, 0.29) is 23.1 Å². The summed E-state index contributed by atoms with van der Waals surface area (Å²) in [5.41, 5.74) is -4.21. The van der Waals surface area contributed by atoms with Crippen molar-refractivity contribution in [2.75, 3.05) is 17.6 Å². The lowest BCUT2D eigenvalue weighted by Gasteiger charge is -2.25. The van der Waals surface area contributed by atoms with Crippen molar-refractivity contribution in [2.45, 2.75) is 31.3 Å². The zero-order valence-electron chi connectivity index (χ0n) is 8.25. The average Bonchev–Trinajstić information content (AvgIpc) is 1.96. The predicted molar refractivity (Wildman–Crippen MR) is 59.0 cm³/mol. The minimum atomic E-state index is -4.11. The van der Waals surface area contributed by atoms with Gasteiger partial charge in [-0.15, -0.1) is 0 Å². The molecule has 0 atom stereocenters. The second-order valence-corrected chi connectivity index (χ2v) is 5.50. The zero-order chi connectivity index (χ0) is 11.2. The number of nitrogens with one attached hydrogen (secondary N) is 1. The molecule has 0 fully saturated rings. The van der Waals surface area contributed by atoms with Crippen molar-refractivity contribution >= 4 is 27.7 Å². The third-order valence-corrected chi connectivity index (χ3v) is 2.82. The molecule has 1 nitrogen and oxygen atoms in total. The van der Waals surface area contributed by atoms with Crippen molar-refractivity contribution in [1.82, 2.24) is 5.32 Å². The predicted octanol–water partition coefficient (Wildman–Crippen LogP) is 3.39. The smallest absolute Gasteiger partial charge is 0.311 e. The second kappa shape index (κ2) is 6.23. The van der Waals surface area contributed by atoms with E-state index in [4.69, 9.17) is 0 Å². The van der Waals surface area contributed by atoms with E-state index in [1.54, 1.807) is 0 Å². The van der Waals surface area contributed by atoms with E-state index < -0.39 is 5.51 Å². The first-order valence-corrected chi connectivity index (χ1v) is 6.39. The Morgan fingerprint density at radius 1 is 1.29 bits per heavy atom. The van der Waals surface area contributed by atoms with Crippen LogP contribution < -0.4 is 5.32 Å². The quantitative estimate of drug-likeness (QED) is 0.595. The van der Waals surface area contributed by atoms with E-state index >= 15 is 0 Å². The minimum absolute atomic E-state index is 0.0181. The summed E-state index contributed by atoms with van der Waals surface area (Å²) >= 11 is 3.32. The van der Waals surface area contributed by atoms with Gasteiger partial charge in [0, 0.05) is 23.2 Å². The lowest BCUT2D eigenvalue weighted by Crippen LogP contribution is -2.41. The monoisotopic (exact) mass is 293 g/mol. The number of thioether (sulfide) groups is 1. The molecule has 0 aromatic rings. The van der Waals surface area contributed by atoms with Crippen LogP contribution in [-0.4, -0.2) is 28.7 Å². The fourth-order valence-electron chi connectivity index (χ4n) is 0.881. The molecule has 0 aliphatic heterocycles. The summed E-state index contributed by atoms with van der Waals surface area (Å²) in [5.74, 6) is 0.0647. The minimum Gasteiger partial charge on any atom is -0.311 e. The van der Waals surface area contributed by atoms with E-state index in [1.807, 2.05) is 13.8 Å². The Morgan fingerprint density at radius 2 is 1.86 bits per heavy atom. The lowest BCUT2D eigenvalue weighted by molar-refractivity contribution is -0.0327. The van der Waals surface area contributed by atoms with Gasteiger partial charge in [0.15, 0.2) is 0 Å². The standard InChI is InChI=1S/C8H15BrF3NS/c1-7(2,3-4-9)13-5-6-14-8(10,11)12/h13H,3-6H2,1-2H3. The zero-order valence-corrected chi connectivity index (χ0v) is 10.7. The molecule has 1 N–H and O–H groups in total. The molecule has 0 radical (unpaired) electrons. The van der Waals surface area contributed by atoms with Crippen molar-refractivity contribution in [2.24, 2.45) is 0 Å². The van der Waals surface area contributed by atoms with Crippen LogP contribution in [0.4, 0.5) is 13.2 Å². The van der Waals surface area contributed by atoms with E-state index in [0.29, 0.717) is 6.54 Å². The molecule has 6 heteroatoms. The van der Waals surface area contributed by atoms with E-state index in [9.17, 15) is 13.2 Å². The first kappa shape index (κ1) is 14.6. The summed E-state index contributed by atoms with van der Waals surface area (Å²) in [4.78, 5) is 0. The van der Waals surface area contributed by atoms with Gasteiger partial charge in [0.05, 0.1) is 0 Å². The van der Waals surface area contributed by atoms with Crippen LogP contribution in [0.1, 0.15) is 20.3 Å². The highest BCUT2D eigenvalue weighted by Gasteiger charge is 2.27. The molecule has 0 saturated carbocycles. The third-order valence-electron chi connectivity index (χ3n) is 1.69. The molecular weight excluding hydrogens is 279 g/mol. The highest BCUT2D eigenvalue weighted by atomic mass is 79.9. The average molecular weight is 294 g/mol. The van der Waals surface area contributed by atoms with Gasteiger partial charge in [0.1, 0.15) is 0 Å². The molecule has 0 unspecified atom stereocenters. The van der Waals surface area contributed by atoms with Crippen LogP contribution in [0, 0.1) is 0 Å². The summed E-state index contributed by atoms with van der Waals surface area (Å²) in [7, 11) is 0. The molecule has 0 aliphatic rings. The van der Waals surface area contributed by atoms with Crippen LogP contribution in [0.5, 0.6) is 0 Å². The van der Waals surface area contributed by atoms with Crippen LogP contribution in [-0.2, 0) is 0 Å². The van der Waals surface area contributed by atoms with Gasteiger partial charge >= 0.3 is 5.51 Å². The van der Waals surface area contributed by atoms with Crippen LogP contribution in [0.2, 0.25) is 0 Å². The van der Waals surface area contributed by atoms with Crippen LogP contribution in [0.15, 0.2) is 0 Å². The molecule has 0 bridgehead atoms. The molecule has 0 saturated heterocycles. The summed E-state index contributed by atoms with van der Waals surface area (Å²) < 4.78 is 35.3. The Bertz CT molecular complexity index is 161. The van der Waals surface area contributed by atoms with Gasteiger partial charge in [0.25, 0.3) is 0 Å². The first-order chi connectivity index (χ1) is 6.27. The highest BCUT2D eigenvalue weighted by Crippen LogP contribution is 2.29.